The van der Waals surface area contributed by atoms with E-state index >= 15 is 0 Å². The van der Waals surface area contributed by atoms with Crippen LogP contribution in [0.4, 0.5) is 3.89 Å². The molecule has 0 atom stereocenters. The van der Waals surface area contributed by atoms with Crippen molar-refractivity contribution in [3.63, 3.8) is 0 Å². The highest BCUT2D eigenvalue weighted by Crippen LogP contribution is 2.39. The summed E-state index contributed by atoms with van der Waals surface area (Å²) in [6, 6.07) is 17.3. The van der Waals surface area contributed by atoms with E-state index in [1.54, 1.807) is 30.3 Å². The molecule has 6 rings (SSSR count). The second-order valence-electron chi connectivity index (χ2n) is 10.5. The molecule has 11 heteroatoms. The van der Waals surface area contributed by atoms with Gasteiger partial charge in [0.05, 0.1) is 34.5 Å². The maximum absolute atomic E-state index is 14.2. The first-order chi connectivity index (χ1) is 20.3. The second kappa shape index (κ2) is 11.1. The van der Waals surface area contributed by atoms with Gasteiger partial charge in [-0.3, -0.25) is 4.79 Å². The van der Waals surface area contributed by atoms with E-state index in [-0.39, 0.29) is 17.2 Å². The molecule has 5 aromatic rings. The minimum Gasteiger partial charge on any atom is -0.493 e. The van der Waals surface area contributed by atoms with Gasteiger partial charge in [0.1, 0.15) is 17.1 Å². The minimum atomic E-state index is -5.21. The van der Waals surface area contributed by atoms with Gasteiger partial charge in [-0.05, 0) is 74.3 Å². The van der Waals surface area contributed by atoms with Gasteiger partial charge in [-0.25, -0.2) is 0 Å². The van der Waals surface area contributed by atoms with Crippen LogP contribution in [0.1, 0.15) is 44.2 Å². The van der Waals surface area contributed by atoms with Crippen molar-refractivity contribution in [2.24, 2.45) is 0 Å². The van der Waals surface area contributed by atoms with Crippen LogP contribution in [0.25, 0.3) is 44.0 Å². The fourth-order valence-electron chi connectivity index (χ4n) is 5.81. The summed E-state index contributed by atoms with van der Waals surface area (Å²) in [5.74, 6) is 0.279. The number of hydrogen-bond acceptors (Lipinski definition) is 7. The molecule has 9 nitrogen and oxygen atoms in total. The van der Waals surface area contributed by atoms with Gasteiger partial charge in [0.25, 0.3) is 0 Å². The van der Waals surface area contributed by atoms with E-state index in [4.69, 9.17) is 4.74 Å². The predicted octanol–water partition coefficient (Wildman–Crippen LogP) is 5.87. The van der Waals surface area contributed by atoms with Crippen molar-refractivity contribution in [1.82, 2.24) is 14.9 Å². The molecule has 3 heterocycles. The number of hydrogen-bond donors (Lipinski definition) is 2. The standard InChI is InChI=1S/C31H29FN4O5S/c1-2-3-13-40-28-17-25-27(16-24(28)20-5-4-6-22(15-20)41-42(32,38)39)36(21-9-11-34-12-10-21)31-29(30(25)37)23-8-7-19(18-33)14-26(23)35-31/h4-8,14-17,21,34-35H,2-3,9-13H2,1H3. The lowest BCUT2D eigenvalue weighted by atomic mass is 9.98. The number of piperidine rings is 1. The third-order valence-corrected chi connectivity index (χ3v) is 8.14. The largest absolute Gasteiger partial charge is 0.493 e. The van der Waals surface area contributed by atoms with Gasteiger partial charge < -0.3 is 23.8 Å². The van der Waals surface area contributed by atoms with Crippen molar-refractivity contribution >= 4 is 43.3 Å². The zero-order chi connectivity index (χ0) is 29.4. The van der Waals surface area contributed by atoms with Gasteiger partial charge >= 0.3 is 10.5 Å². The SMILES string of the molecule is CCCCOc1cc2c(=O)c3c4ccc(C#N)cc4[nH]c3n(C3CCNCC3)c2cc1-c1cccc(OS(=O)(=O)F)c1. The van der Waals surface area contributed by atoms with Gasteiger partial charge in [0.2, 0.25) is 0 Å². The quantitative estimate of drug-likeness (QED) is 0.171. The van der Waals surface area contributed by atoms with E-state index in [9.17, 15) is 22.4 Å². The lowest BCUT2D eigenvalue weighted by molar-refractivity contribution is 0.311. The third kappa shape index (κ3) is 5.19. The Kier molecular flexibility index (Phi) is 7.35. The smallest absolute Gasteiger partial charge is 0.488 e. The summed E-state index contributed by atoms with van der Waals surface area (Å²) in [7, 11) is -5.21. The molecule has 42 heavy (non-hydrogen) atoms. The van der Waals surface area contributed by atoms with Crippen LogP contribution in [0, 0.1) is 11.3 Å². The highest BCUT2D eigenvalue weighted by Gasteiger charge is 2.25. The number of aromatic nitrogens is 2. The van der Waals surface area contributed by atoms with Crippen LogP contribution in [0.15, 0.2) is 59.4 Å². The van der Waals surface area contributed by atoms with E-state index in [1.165, 1.54) is 12.1 Å². The first-order valence-electron chi connectivity index (χ1n) is 13.9. The average Bonchev–Trinajstić information content (AvgIpc) is 3.35. The molecule has 1 fully saturated rings. The number of aromatic amines is 1. The molecule has 2 N–H and O–H groups in total. The molecule has 0 saturated carbocycles. The zero-order valence-corrected chi connectivity index (χ0v) is 23.8. The van der Waals surface area contributed by atoms with Crippen molar-refractivity contribution in [2.45, 2.75) is 38.6 Å². The molecule has 0 amide bonds. The summed E-state index contributed by atoms with van der Waals surface area (Å²) < 4.78 is 48.6. The predicted molar refractivity (Wildman–Crippen MR) is 160 cm³/mol. The first kappa shape index (κ1) is 27.8. The molecule has 0 unspecified atom stereocenters. The molecule has 0 aliphatic carbocycles. The Morgan fingerprint density at radius 1 is 1.10 bits per heavy atom. The Hall–Kier alpha value is -4.40. The average molecular weight is 589 g/mol. The fourth-order valence-corrected chi connectivity index (χ4v) is 6.15. The Morgan fingerprint density at radius 3 is 2.64 bits per heavy atom. The van der Waals surface area contributed by atoms with Gasteiger partial charge in [0.15, 0.2) is 5.43 Å². The molecule has 1 aliphatic rings. The minimum absolute atomic E-state index is 0.0754. The van der Waals surface area contributed by atoms with Crippen LogP contribution in [0.3, 0.4) is 0 Å². The van der Waals surface area contributed by atoms with Gasteiger partial charge in [-0.1, -0.05) is 35.4 Å². The summed E-state index contributed by atoms with van der Waals surface area (Å²) in [5, 5.41) is 14.6. The number of halogens is 1. The normalized spacial score (nSPS) is 14.4. The van der Waals surface area contributed by atoms with Gasteiger partial charge in [0, 0.05) is 22.5 Å². The molecule has 2 aromatic heterocycles. The number of nitrogens with zero attached hydrogens (tertiary/aromatic N) is 2. The van der Waals surface area contributed by atoms with Gasteiger partial charge in [-0.15, -0.1) is 0 Å². The lowest BCUT2D eigenvalue weighted by Gasteiger charge is -2.28. The molecular formula is C31H29FN4O5S. The van der Waals surface area contributed by atoms with Crippen LogP contribution in [-0.4, -0.2) is 37.7 Å². The van der Waals surface area contributed by atoms with E-state index in [0.717, 1.165) is 44.2 Å². The molecule has 1 aliphatic heterocycles. The Labute approximate surface area is 241 Å². The number of H-pyrrole nitrogens is 1. The van der Waals surface area contributed by atoms with E-state index in [1.807, 2.05) is 19.1 Å². The number of nitriles is 1. The molecule has 3 aromatic carbocycles. The Balaban J connectivity index is 1.68. The molecule has 0 spiro atoms. The van der Waals surface area contributed by atoms with Crippen molar-refractivity contribution in [1.29, 1.82) is 5.26 Å². The zero-order valence-electron chi connectivity index (χ0n) is 22.9. The highest BCUT2D eigenvalue weighted by atomic mass is 32.3. The number of rotatable bonds is 8. The number of ether oxygens (including phenoxy) is 1. The number of nitrogens with one attached hydrogen (secondary N) is 2. The van der Waals surface area contributed by atoms with Crippen LogP contribution < -0.4 is 19.7 Å². The molecule has 0 bridgehead atoms. The monoisotopic (exact) mass is 588 g/mol. The third-order valence-electron chi connectivity index (χ3n) is 7.75. The molecule has 0 radical (unpaired) electrons. The van der Waals surface area contributed by atoms with Crippen molar-refractivity contribution < 1.29 is 21.2 Å². The summed E-state index contributed by atoms with van der Waals surface area (Å²) in [4.78, 5) is 17.6. The Bertz CT molecular complexity index is 2040. The molecule has 1 saturated heterocycles. The maximum Gasteiger partial charge on any atom is 0.488 e. The molecular weight excluding hydrogens is 559 g/mol. The van der Waals surface area contributed by atoms with Crippen LogP contribution in [-0.2, 0) is 10.5 Å². The summed E-state index contributed by atoms with van der Waals surface area (Å²) >= 11 is 0. The second-order valence-corrected chi connectivity index (χ2v) is 11.4. The van der Waals surface area contributed by atoms with Crippen LogP contribution >= 0.6 is 0 Å². The number of benzene rings is 3. The number of fused-ring (bicyclic) bond motifs is 4. The number of pyridine rings is 1. The maximum atomic E-state index is 14.2. The summed E-state index contributed by atoms with van der Waals surface area (Å²) in [6.07, 6.45) is 3.38. The van der Waals surface area contributed by atoms with Crippen molar-refractivity contribution in [3.8, 4) is 28.7 Å². The fraction of sp³-hybridized carbons (Fsp3) is 0.290. The lowest BCUT2D eigenvalue weighted by Crippen LogP contribution is -2.30. The topological polar surface area (TPSA) is 126 Å². The highest BCUT2D eigenvalue weighted by molar-refractivity contribution is 7.81. The van der Waals surface area contributed by atoms with E-state index < -0.39 is 10.5 Å². The van der Waals surface area contributed by atoms with E-state index in [0.29, 0.717) is 56.5 Å². The summed E-state index contributed by atoms with van der Waals surface area (Å²) in [6.45, 7) is 4.10. The van der Waals surface area contributed by atoms with Crippen molar-refractivity contribution in [3.05, 3.63) is 70.4 Å². The molecule has 216 valence electrons. The van der Waals surface area contributed by atoms with E-state index in [2.05, 4.69) is 25.1 Å². The van der Waals surface area contributed by atoms with Crippen LogP contribution in [0.2, 0.25) is 0 Å². The van der Waals surface area contributed by atoms with Crippen molar-refractivity contribution in [2.75, 3.05) is 19.7 Å². The number of unbranched alkanes of at least 4 members (excludes halogenated alkanes) is 1. The van der Waals surface area contributed by atoms with Gasteiger partial charge in [-0.2, -0.15) is 13.7 Å². The first-order valence-corrected chi connectivity index (χ1v) is 15.2. The van der Waals surface area contributed by atoms with Crippen LogP contribution in [0.5, 0.6) is 11.5 Å². The summed E-state index contributed by atoms with van der Waals surface area (Å²) in [5.41, 5.74) is 3.56. The Morgan fingerprint density at radius 2 is 1.90 bits per heavy atom.